The lowest BCUT2D eigenvalue weighted by Crippen LogP contribution is -2.35. The third-order valence-electron chi connectivity index (χ3n) is 2.76. The molecule has 0 atom stereocenters. The molecule has 0 saturated carbocycles. The van der Waals surface area contributed by atoms with Gasteiger partial charge in [0.05, 0.1) is 5.69 Å². The van der Waals surface area contributed by atoms with Gasteiger partial charge >= 0.3 is 0 Å². The molecule has 0 fully saturated rings. The van der Waals surface area contributed by atoms with Gasteiger partial charge in [-0.15, -0.1) is 6.58 Å². The largest absolute Gasteiger partial charge is 0.353 e. The van der Waals surface area contributed by atoms with Crippen LogP contribution in [-0.4, -0.2) is 23.6 Å². The Morgan fingerprint density at radius 1 is 1.37 bits per heavy atom. The Balaban J connectivity index is 2.76. The summed E-state index contributed by atoms with van der Waals surface area (Å²) < 4.78 is 0. The Morgan fingerprint density at radius 3 is 2.68 bits per heavy atom. The second kappa shape index (κ2) is 7.29. The number of hydrogen-bond acceptors (Lipinski definition) is 3. The number of hydrogen-bond donors (Lipinski definition) is 1. The van der Waals surface area contributed by atoms with Crippen molar-refractivity contribution in [2.45, 2.75) is 46.2 Å². The first-order valence-electron chi connectivity index (χ1n) is 7.03. The summed E-state index contributed by atoms with van der Waals surface area (Å²) in [5.74, 6) is 1.04. The summed E-state index contributed by atoms with van der Waals surface area (Å²) in [6.45, 7) is 15.1. The number of nitrogens with zero attached hydrogens (tertiary/aromatic N) is 2. The summed E-state index contributed by atoms with van der Waals surface area (Å²) in [6.07, 6.45) is 3.04. The Hall–Kier alpha value is -1.35. The van der Waals surface area contributed by atoms with E-state index in [-0.39, 0.29) is 5.54 Å². The van der Waals surface area contributed by atoms with Crippen LogP contribution in [0.3, 0.4) is 0 Å². The first-order chi connectivity index (χ1) is 8.96. The van der Waals surface area contributed by atoms with Gasteiger partial charge in [0.1, 0.15) is 5.82 Å². The first kappa shape index (κ1) is 15.7. The van der Waals surface area contributed by atoms with Crippen molar-refractivity contribution in [3.05, 3.63) is 36.5 Å². The summed E-state index contributed by atoms with van der Waals surface area (Å²) in [7, 11) is 0. The predicted octanol–water partition coefficient (Wildman–Crippen LogP) is 3.37. The molecule has 0 aliphatic rings. The molecule has 1 heterocycles. The van der Waals surface area contributed by atoms with Gasteiger partial charge in [-0.05, 0) is 39.3 Å². The summed E-state index contributed by atoms with van der Waals surface area (Å²) >= 11 is 0. The topological polar surface area (TPSA) is 28.2 Å². The molecule has 0 amide bonds. The molecule has 1 N–H and O–H groups in total. The van der Waals surface area contributed by atoms with Crippen LogP contribution in [0.2, 0.25) is 0 Å². The van der Waals surface area contributed by atoms with Crippen LogP contribution in [0.1, 0.15) is 39.8 Å². The average molecular weight is 261 g/mol. The molecular weight excluding hydrogens is 234 g/mol. The lowest BCUT2D eigenvalue weighted by Gasteiger charge is -2.23. The van der Waals surface area contributed by atoms with Crippen molar-refractivity contribution in [1.82, 2.24) is 10.3 Å². The highest BCUT2D eigenvalue weighted by molar-refractivity contribution is 5.40. The smallest absolute Gasteiger partial charge is 0.129 e. The van der Waals surface area contributed by atoms with Crippen LogP contribution in [0.5, 0.6) is 0 Å². The van der Waals surface area contributed by atoms with E-state index in [9.17, 15) is 0 Å². The van der Waals surface area contributed by atoms with Crippen LogP contribution < -0.4 is 10.2 Å². The van der Waals surface area contributed by atoms with Gasteiger partial charge in [-0.1, -0.05) is 19.1 Å². The van der Waals surface area contributed by atoms with Crippen molar-refractivity contribution >= 4 is 5.82 Å². The van der Waals surface area contributed by atoms with Gasteiger partial charge in [0.2, 0.25) is 0 Å². The molecule has 0 unspecified atom stereocenters. The fraction of sp³-hybridized carbons (Fsp3) is 0.562. The summed E-state index contributed by atoms with van der Waals surface area (Å²) in [5, 5.41) is 3.47. The fourth-order valence-electron chi connectivity index (χ4n) is 1.82. The van der Waals surface area contributed by atoms with Crippen molar-refractivity contribution < 1.29 is 0 Å². The van der Waals surface area contributed by atoms with Gasteiger partial charge in [0.25, 0.3) is 0 Å². The van der Waals surface area contributed by atoms with Gasteiger partial charge in [-0.2, -0.15) is 0 Å². The molecule has 3 heteroatoms. The summed E-state index contributed by atoms with van der Waals surface area (Å²) in [5.41, 5.74) is 1.19. The highest BCUT2D eigenvalue weighted by Crippen LogP contribution is 2.12. The van der Waals surface area contributed by atoms with E-state index in [1.807, 2.05) is 6.08 Å². The van der Waals surface area contributed by atoms with E-state index in [2.05, 4.69) is 62.7 Å². The highest BCUT2D eigenvalue weighted by atomic mass is 15.2. The molecule has 0 aliphatic heterocycles. The summed E-state index contributed by atoms with van der Waals surface area (Å²) in [6, 6.07) is 6.22. The Morgan fingerprint density at radius 2 is 2.11 bits per heavy atom. The van der Waals surface area contributed by atoms with Crippen molar-refractivity contribution in [2.75, 3.05) is 18.0 Å². The van der Waals surface area contributed by atoms with E-state index in [0.717, 1.165) is 37.6 Å². The van der Waals surface area contributed by atoms with Crippen LogP contribution in [0.25, 0.3) is 0 Å². The maximum Gasteiger partial charge on any atom is 0.129 e. The monoisotopic (exact) mass is 261 g/mol. The SMILES string of the molecule is C=CCN(CCC)c1cccc(CNC(C)(C)C)n1. The minimum atomic E-state index is 0.113. The molecule has 1 aromatic heterocycles. The Bertz CT molecular complexity index is 393. The second-order valence-corrected chi connectivity index (χ2v) is 5.83. The maximum absolute atomic E-state index is 4.73. The van der Waals surface area contributed by atoms with Gasteiger partial charge in [0, 0.05) is 25.2 Å². The minimum Gasteiger partial charge on any atom is -0.353 e. The second-order valence-electron chi connectivity index (χ2n) is 5.83. The van der Waals surface area contributed by atoms with E-state index >= 15 is 0 Å². The maximum atomic E-state index is 4.73. The normalized spacial score (nSPS) is 11.4. The van der Waals surface area contributed by atoms with Gasteiger partial charge in [0.15, 0.2) is 0 Å². The zero-order valence-electron chi connectivity index (χ0n) is 12.7. The van der Waals surface area contributed by atoms with Crippen LogP contribution in [0.15, 0.2) is 30.9 Å². The van der Waals surface area contributed by atoms with E-state index in [1.165, 1.54) is 0 Å². The number of anilines is 1. The molecule has 0 aliphatic carbocycles. The van der Waals surface area contributed by atoms with Crippen molar-refractivity contribution in [1.29, 1.82) is 0 Å². The lowest BCUT2D eigenvalue weighted by molar-refractivity contribution is 0.421. The van der Waals surface area contributed by atoms with Gasteiger partial charge in [-0.25, -0.2) is 4.98 Å². The lowest BCUT2D eigenvalue weighted by atomic mass is 10.1. The molecule has 1 aromatic rings. The van der Waals surface area contributed by atoms with Crippen LogP contribution >= 0.6 is 0 Å². The molecule has 0 spiro atoms. The van der Waals surface area contributed by atoms with E-state index < -0.39 is 0 Å². The molecule has 106 valence electrons. The van der Waals surface area contributed by atoms with Crippen LogP contribution in [0.4, 0.5) is 5.82 Å². The number of rotatable bonds is 7. The highest BCUT2D eigenvalue weighted by Gasteiger charge is 2.10. The summed E-state index contributed by atoms with van der Waals surface area (Å²) in [4.78, 5) is 6.99. The standard InChI is InChI=1S/C16H27N3/c1-6-11-19(12-7-2)15-10-8-9-14(18-15)13-17-16(3,4)5/h6,8-10,17H,1,7,11-13H2,2-5H3. The third kappa shape index (κ3) is 5.88. The van der Waals surface area contributed by atoms with Gasteiger partial charge in [-0.3, -0.25) is 0 Å². The molecule has 0 aromatic carbocycles. The molecule has 0 bridgehead atoms. The first-order valence-corrected chi connectivity index (χ1v) is 7.03. The quantitative estimate of drug-likeness (QED) is 0.763. The predicted molar refractivity (Wildman–Crippen MR) is 83.5 cm³/mol. The van der Waals surface area contributed by atoms with E-state index in [0.29, 0.717) is 0 Å². The molecule has 3 nitrogen and oxygen atoms in total. The molecular formula is C16H27N3. The van der Waals surface area contributed by atoms with Crippen molar-refractivity contribution in [3.8, 4) is 0 Å². The molecule has 0 radical (unpaired) electrons. The van der Waals surface area contributed by atoms with E-state index in [1.54, 1.807) is 0 Å². The van der Waals surface area contributed by atoms with Crippen molar-refractivity contribution in [2.24, 2.45) is 0 Å². The molecule has 19 heavy (non-hydrogen) atoms. The average Bonchev–Trinajstić information content (AvgIpc) is 2.36. The minimum absolute atomic E-state index is 0.113. The Labute approximate surface area is 117 Å². The number of pyridine rings is 1. The number of nitrogens with one attached hydrogen (secondary N) is 1. The zero-order valence-corrected chi connectivity index (χ0v) is 12.7. The molecule has 0 saturated heterocycles. The third-order valence-corrected chi connectivity index (χ3v) is 2.76. The fourth-order valence-corrected chi connectivity index (χ4v) is 1.82. The number of aromatic nitrogens is 1. The van der Waals surface area contributed by atoms with Gasteiger partial charge < -0.3 is 10.2 Å². The van der Waals surface area contributed by atoms with E-state index in [4.69, 9.17) is 4.98 Å². The zero-order chi connectivity index (χ0) is 14.3. The molecule has 1 rings (SSSR count). The van der Waals surface area contributed by atoms with Crippen LogP contribution in [0, 0.1) is 0 Å². The van der Waals surface area contributed by atoms with Crippen molar-refractivity contribution in [3.63, 3.8) is 0 Å². The van der Waals surface area contributed by atoms with Crippen LogP contribution in [-0.2, 0) is 6.54 Å². The Kier molecular flexibility index (Phi) is 6.03.